The summed E-state index contributed by atoms with van der Waals surface area (Å²) >= 11 is 0. The summed E-state index contributed by atoms with van der Waals surface area (Å²) in [4.78, 5) is 20.9. The molecule has 13 heavy (non-hydrogen) atoms. The molecule has 0 aliphatic heterocycles. The van der Waals surface area contributed by atoms with Gasteiger partial charge in [0, 0.05) is 6.42 Å². The highest BCUT2D eigenvalue weighted by Gasteiger charge is 2.12. The molecule has 0 spiro atoms. The van der Waals surface area contributed by atoms with Gasteiger partial charge in [0.15, 0.2) is 0 Å². The average Bonchev–Trinajstić information content (AvgIpc) is 2.10. The summed E-state index contributed by atoms with van der Waals surface area (Å²) in [7, 11) is 0. The minimum absolute atomic E-state index is 0.00164. The van der Waals surface area contributed by atoms with Crippen LogP contribution >= 0.6 is 0 Å². The molecule has 0 aliphatic rings. The molecule has 0 saturated heterocycles. The van der Waals surface area contributed by atoms with Crippen LogP contribution in [-0.4, -0.2) is 47.7 Å². The van der Waals surface area contributed by atoms with Gasteiger partial charge in [-0.1, -0.05) is 0 Å². The molecule has 2 N–H and O–H groups in total. The molecule has 0 aromatic heterocycles. The van der Waals surface area contributed by atoms with Crippen LogP contribution in [0.5, 0.6) is 0 Å². The molecule has 0 aromatic carbocycles. The lowest BCUT2D eigenvalue weighted by Crippen LogP contribution is -2.26. The Morgan fingerprint density at radius 1 is 1.62 bits per heavy atom. The van der Waals surface area contributed by atoms with Crippen molar-refractivity contribution in [1.82, 2.24) is 0 Å². The number of Topliss-reactive ketones (excluding diaryl/α,β-unsaturated/α-hetero) is 1. The number of hydrogen-bond acceptors (Lipinski definition) is 5. The van der Waals surface area contributed by atoms with Crippen LogP contribution in [0, 0.1) is 0 Å². The number of aliphatic hydroxyl groups is 2. The van der Waals surface area contributed by atoms with E-state index in [1.165, 1.54) is 6.92 Å². The normalized spacial score (nSPS) is 15.0. The largest absolute Gasteiger partial charge is 0.394 e. The van der Waals surface area contributed by atoms with Crippen LogP contribution in [0.3, 0.4) is 0 Å². The summed E-state index contributed by atoms with van der Waals surface area (Å²) in [6.07, 6.45) is -1.32. The van der Waals surface area contributed by atoms with E-state index < -0.39 is 18.8 Å². The van der Waals surface area contributed by atoms with Crippen molar-refractivity contribution in [2.45, 2.75) is 25.6 Å². The summed E-state index contributed by atoms with van der Waals surface area (Å²) < 4.78 is 4.86. The highest BCUT2D eigenvalue weighted by Crippen LogP contribution is 1.97. The smallest absolute Gasteiger partial charge is 0.149 e. The van der Waals surface area contributed by atoms with E-state index in [4.69, 9.17) is 14.9 Å². The summed E-state index contributed by atoms with van der Waals surface area (Å²) in [5, 5.41) is 17.3. The molecular formula is C8H14O5. The lowest BCUT2D eigenvalue weighted by atomic mass is 10.2. The van der Waals surface area contributed by atoms with Gasteiger partial charge in [-0.25, -0.2) is 0 Å². The summed E-state index contributed by atoms with van der Waals surface area (Å²) in [6, 6.07) is 0. The third-order valence-corrected chi connectivity index (χ3v) is 1.35. The van der Waals surface area contributed by atoms with Crippen molar-refractivity contribution >= 4 is 12.1 Å². The zero-order valence-corrected chi connectivity index (χ0v) is 7.47. The van der Waals surface area contributed by atoms with Crippen LogP contribution in [-0.2, 0) is 14.3 Å². The number of rotatable bonds is 7. The first-order valence-corrected chi connectivity index (χ1v) is 3.95. The van der Waals surface area contributed by atoms with Crippen LogP contribution in [0.2, 0.25) is 0 Å². The standard InChI is InChI=1S/C8H14O5/c1-6(11)2-8(4-10)13-5-7(12)3-9/h4,7-9,12H,2-3,5H2,1H3. The first-order valence-electron chi connectivity index (χ1n) is 3.95. The van der Waals surface area contributed by atoms with E-state index in [0.29, 0.717) is 6.29 Å². The Morgan fingerprint density at radius 3 is 2.62 bits per heavy atom. The number of aldehydes is 1. The zero-order chi connectivity index (χ0) is 10.3. The van der Waals surface area contributed by atoms with E-state index in [1.54, 1.807) is 0 Å². The molecule has 0 heterocycles. The molecule has 76 valence electrons. The second-order valence-corrected chi connectivity index (χ2v) is 2.75. The van der Waals surface area contributed by atoms with E-state index in [2.05, 4.69) is 0 Å². The van der Waals surface area contributed by atoms with Gasteiger partial charge in [0.1, 0.15) is 24.3 Å². The van der Waals surface area contributed by atoms with Crippen molar-refractivity contribution in [3.63, 3.8) is 0 Å². The van der Waals surface area contributed by atoms with E-state index in [-0.39, 0.29) is 18.8 Å². The maximum absolute atomic E-state index is 10.6. The highest BCUT2D eigenvalue weighted by molar-refractivity contribution is 5.79. The SMILES string of the molecule is CC(=O)CC(C=O)OCC(O)CO. The molecule has 0 bridgehead atoms. The van der Waals surface area contributed by atoms with Gasteiger partial charge >= 0.3 is 0 Å². The Labute approximate surface area is 76.3 Å². The van der Waals surface area contributed by atoms with Crippen molar-refractivity contribution in [3.05, 3.63) is 0 Å². The van der Waals surface area contributed by atoms with E-state index >= 15 is 0 Å². The fourth-order valence-electron chi connectivity index (χ4n) is 0.717. The quantitative estimate of drug-likeness (QED) is 0.498. The number of carbonyl (C=O) groups is 2. The fourth-order valence-corrected chi connectivity index (χ4v) is 0.717. The minimum Gasteiger partial charge on any atom is -0.394 e. The van der Waals surface area contributed by atoms with Crippen molar-refractivity contribution in [3.8, 4) is 0 Å². The molecule has 0 aliphatic carbocycles. The van der Waals surface area contributed by atoms with E-state index in [9.17, 15) is 9.59 Å². The summed E-state index contributed by atoms with van der Waals surface area (Å²) in [5.74, 6) is -0.157. The molecule has 0 aromatic rings. The van der Waals surface area contributed by atoms with Crippen LogP contribution in [0.1, 0.15) is 13.3 Å². The average molecular weight is 190 g/mol. The first kappa shape index (κ1) is 12.2. The molecule has 0 radical (unpaired) electrons. The van der Waals surface area contributed by atoms with Gasteiger partial charge in [0.05, 0.1) is 13.2 Å². The van der Waals surface area contributed by atoms with Gasteiger partial charge in [-0.3, -0.25) is 4.79 Å². The number of hydrogen-bond donors (Lipinski definition) is 2. The first-order chi connectivity index (χ1) is 6.10. The van der Waals surface area contributed by atoms with Crippen molar-refractivity contribution in [1.29, 1.82) is 0 Å². The molecule has 5 heteroatoms. The molecule has 2 atom stereocenters. The highest BCUT2D eigenvalue weighted by atomic mass is 16.5. The Bertz CT molecular complexity index is 168. The van der Waals surface area contributed by atoms with Crippen LogP contribution in [0.4, 0.5) is 0 Å². The Balaban J connectivity index is 3.71. The molecule has 0 rings (SSSR count). The minimum atomic E-state index is -1.01. The van der Waals surface area contributed by atoms with Gasteiger partial charge < -0.3 is 19.7 Å². The van der Waals surface area contributed by atoms with Gasteiger partial charge in [-0.05, 0) is 6.92 Å². The van der Waals surface area contributed by atoms with Crippen LogP contribution < -0.4 is 0 Å². The van der Waals surface area contributed by atoms with Gasteiger partial charge in [-0.2, -0.15) is 0 Å². The number of ketones is 1. The monoisotopic (exact) mass is 190 g/mol. The Morgan fingerprint density at radius 2 is 2.23 bits per heavy atom. The number of ether oxygens (including phenoxy) is 1. The lowest BCUT2D eigenvalue weighted by Gasteiger charge is -2.12. The van der Waals surface area contributed by atoms with Crippen molar-refractivity contribution < 1.29 is 24.5 Å². The van der Waals surface area contributed by atoms with Crippen molar-refractivity contribution in [2.75, 3.05) is 13.2 Å². The molecular weight excluding hydrogens is 176 g/mol. The topological polar surface area (TPSA) is 83.8 Å². The van der Waals surface area contributed by atoms with Crippen molar-refractivity contribution in [2.24, 2.45) is 0 Å². The Kier molecular flexibility index (Phi) is 6.30. The lowest BCUT2D eigenvalue weighted by molar-refractivity contribution is -0.129. The molecule has 0 amide bonds. The fraction of sp³-hybridized carbons (Fsp3) is 0.750. The number of aliphatic hydroxyl groups excluding tert-OH is 2. The molecule has 0 saturated carbocycles. The maximum atomic E-state index is 10.6. The summed E-state index contributed by atoms with van der Waals surface area (Å²) in [5.41, 5.74) is 0. The Hall–Kier alpha value is -0.780. The third-order valence-electron chi connectivity index (χ3n) is 1.35. The van der Waals surface area contributed by atoms with Gasteiger partial charge in [0.25, 0.3) is 0 Å². The summed E-state index contributed by atoms with van der Waals surface area (Å²) in [6.45, 7) is 0.779. The molecule has 0 fully saturated rings. The number of carbonyl (C=O) groups excluding carboxylic acids is 2. The predicted octanol–water partition coefficient (Wildman–Crippen LogP) is -1.10. The van der Waals surface area contributed by atoms with Crippen LogP contribution in [0.25, 0.3) is 0 Å². The predicted molar refractivity (Wildman–Crippen MR) is 44.2 cm³/mol. The van der Waals surface area contributed by atoms with Gasteiger partial charge in [0.2, 0.25) is 0 Å². The second-order valence-electron chi connectivity index (χ2n) is 2.75. The third kappa shape index (κ3) is 6.39. The molecule has 5 nitrogen and oxygen atoms in total. The second kappa shape index (κ2) is 6.71. The van der Waals surface area contributed by atoms with E-state index in [0.717, 1.165) is 0 Å². The van der Waals surface area contributed by atoms with E-state index in [1.807, 2.05) is 0 Å². The zero-order valence-electron chi connectivity index (χ0n) is 7.47. The maximum Gasteiger partial charge on any atom is 0.149 e. The van der Waals surface area contributed by atoms with Crippen LogP contribution in [0.15, 0.2) is 0 Å². The van der Waals surface area contributed by atoms with Gasteiger partial charge in [-0.15, -0.1) is 0 Å². The molecule has 2 unspecified atom stereocenters.